The zero-order valence-corrected chi connectivity index (χ0v) is 13.9. The summed E-state index contributed by atoms with van der Waals surface area (Å²) >= 11 is 0. The number of nitrogens with zero attached hydrogens (tertiary/aromatic N) is 2. The van der Waals surface area contributed by atoms with Gasteiger partial charge in [0.1, 0.15) is 5.82 Å². The minimum atomic E-state index is -0.236. The molecule has 0 aliphatic rings. The van der Waals surface area contributed by atoms with Crippen molar-refractivity contribution in [1.82, 2.24) is 9.55 Å². The van der Waals surface area contributed by atoms with Crippen LogP contribution >= 0.6 is 0 Å². The summed E-state index contributed by atoms with van der Waals surface area (Å²) in [5.74, 6) is 0.752. The van der Waals surface area contributed by atoms with Crippen molar-refractivity contribution in [3.63, 3.8) is 0 Å². The van der Waals surface area contributed by atoms with Crippen LogP contribution in [0.2, 0.25) is 0 Å². The fraction of sp³-hybridized carbons (Fsp3) is 0.750. The van der Waals surface area contributed by atoms with Gasteiger partial charge in [-0.05, 0) is 11.8 Å². The molecule has 1 rings (SSSR count). The average molecular weight is 280 g/mol. The first kappa shape index (κ1) is 16.9. The molecule has 0 spiro atoms. The maximum absolute atomic E-state index is 12.7. The molecular weight excluding hydrogens is 252 g/mol. The lowest BCUT2D eigenvalue weighted by atomic mass is 9.79. The van der Waals surface area contributed by atoms with Crippen LogP contribution in [-0.4, -0.2) is 21.3 Å². The lowest BCUT2D eigenvalue weighted by Gasteiger charge is -2.29. The maximum atomic E-state index is 12.7. The van der Waals surface area contributed by atoms with Crippen LogP contribution in [0.15, 0.2) is 4.79 Å². The predicted molar refractivity (Wildman–Crippen MR) is 82.3 cm³/mol. The van der Waals surface area contributed by atoms with E-state index in [1.54, 1.807) is 11.6 Å². The van der Waals surface area contributed by atoms with E-state index in [4.69, 9.17) is 10.1 Å². The molecule has 0 saturated heterocycles. The molecule has 0 bridgehead atoms. The highest BCUT2D eigenvalue weighted by atomic mass is 16.2. The summed E-state index contributed by atoms with van der Waals surface area (Å²) in [6, 6.07) is 0. The molecule has 0 aliphatic heterocycles. The Morgan fingerprint density at radius 1 is 1.10 bits per heavy atom. The highest BCUT2D eigenvalue weighted by molar-refractivity contribution is 5.31. The predicted octanol–water partition coefficient (Wildman–Crippen LogP) is 2.30. The first-order valence-electron chi connectivity index (χ1n) is 7.22. The molecule has 0 aromatic carbocycles. The topological polar surface area (TPSA) is 55.1 Å². The molecule has 0 amide bonds. The summed E-state index contributed by atoms with van der Waals surface area (Å²) in [6.07, 6.45) is 1.24. The summed E-state index contributed by atoms with van der Waals surface area (Å²) in [5, 5.41) is 8.99. The largest absolute Gasteiger partial charge is 0.396 e. The molecule has 0 unspecified atom stereocenters. The fourth-order valence-corrected chi connectivity index (χ4v) is 2.33. The Morgan fingerprint density at radius 2 is 1.65 bits per heavy atom. The van der Waals surface area contributed by atoms with E-state index in [-0.39, 0.29) is 23.0 Å². The van der Waals surface area contributed by atoms with Crippen LogP contribution in [0, 0.1) is 0 Å². The fourth-order valence-electron chi connectivity index (χ4n) is 2.33. The van der Waals surface area contributed by atoms with Crippen LogP contribution in [0.25, 0.3) is 0 Å². The third kappa shape index (κ3) is 3.48. The Labute approximate surface area is 121 Å². The van der Waals surface area contributed by atoms with Crippen molar-refractivity contribution < 1.29 is 5.11 Å². The van der Waals surface area contributed by atoms with Gasteiger partial charge in [0.05, 0.1) is 5.69 Å². The minimum Gasteiger partial charge on any atom is -0.396 e. The Bertz CT molecular complexity index is 531. The van der Waals surface area contributed by atoms with Gasteiger partial charge in [-0.2, -0.15) is 0 Å². The van der Waals surface area contributed by atoms with Crippen molar-refractivity contribution >= 4 is 0 Å². The molecule has 1 aromatic heterocycles. The first-order chi connectivity index (χ1) is 9.00. The van der Waals surface area contributed by atoms with Crippen LogP contribution in [0.4, 0.5) is 0 Å². The number of rotatable bonds is 3. The lowest BCUT2D eigenvalue weighted by Crippen LogP contribution is -2.37. The molecule has 0 fully saturated rings. The third-order valence-electron chi connectivity index (χ3n) is 3.40. The summed E-state index contributed by atoms with van der Waals surface area (Å²) in [5.41, 5.74) is 1.29. The zero-order valence-electron chi connectivity index (χ0n) is 13.9. The summed E-state index contributed by atoms with van der Waals surface area (Å²) in [6.45, 7) is 12.5. The van der Waals surface area contributed by atoms with Gasteiger partial charge in [0.25, 0.3) is 5.56 Å². The molecule has 0 radical (unpaired) electrons. The second kappa shape index (κ2) is 5.68. The zero-order chi connectivity index (χ0) is 15.7. The molecule has 114 valence electrons. The molecule has 20 heavy (non-hydrogen) atoms. The normalized spacial score (nSPS) is 12.8. The monoisotopic (exact) mass is 280 g/mol. The van der Waals surface area contributed by atoms with Crippen LogP contribution in [0.3, 0.4) is 0 Å². The number of aromatic nitrogens is 2. The average Bonchev–Trinajstić information content (AvgIpc) is 2.27. The molecule has 1 N–H and O–H groups in total. The SMILES string of the molecule is Cn1c(CCCO)nc(C(C)(C)C)c(C(C)(C)C)c1=O. The maximum Gasteiger partial charge on any atom is 0.257 e. The van der Waals surface area contributed by atoms with Crippen molar-refractivity contribution in [3.05, 3.63) is 27.4 Å². The van der Waals surface area contributed by atoms with E-state index in [0.29, 0.717) is 12.8 Å². The Balaban J connectivity index is 3.62. The van der Waals surface area contributed by atoms with E-state index >= 15 is 0 Å². The van der Waals surface area contributed by atoms with Crippen LogP contribution in [-0.2, 0) is 24.3 Å². The second-order valence-electron chi connectivity index (χ2n) is 7.44. The number of hydrogen-bond acceptors (Lipinski definition) is 3. The smallest absolute Gasteiger partial charge is 0.257 e. The second-order valence-corrected chi connectivity index (χ2v) is 7.44. The van der Waals surface area contributed by atoms with E-state index in [0.717, 1.165) is 17.1 Å². The Hall–Kier alpha value is -1.16. The quantitative estimate of drug-likeness (QED) is 0.924. The number of hydrogen-bond donors (Lipinski definition) is 1. The molecule has 0 aliphatic carbocycles. The van der Waals surface area contributed by atoms with E-state index in [2.05, 4.69) is 20.8 Å². The number of aryl methyl sites for hydroxylation is 1. The van der Waals surface area contributed by atoms with Gasteiger partial charge in [0, 0.05) is 31.1 Å². The van der Waals surface area contributed by atoms with Gasteiger partial charge in [-0.15, -0.1) is 0 Å². The van der Waals surface area contributed by atoms with Crippen molar-refractivity contribution in [3.8, 4) is 0 Å². The van der Waals surface area contributed by atoms with Gasteiger partial charge in [-0.3, -0.25) is 9.36 Å². The van der Waals surface area contributed by atoms with E-state index in [9.17, 15) is 4.79 Å². The van der Waals surface area contributed by atoms with E-state index in [1.165, 1.54) is 0 Å². The lowest BCUT2D eigenvalue weighted by molar-refractivity contribution is 0.286. The summed E-state index contributed by atoms with van der Waals surface area (Å²) in [4.78, 5) is 17.5. The summed E-state index contributed by atoms with van der Waals surface area (Å²) < 4.78 is 1.63. The minimum absolute atomic E-state index is 0.0327. The molecule has 1 heterocycles. The molecule has 1 aromatic rings. The van der Waals surface area contributed by atoms with Crippen molar-refractivity contribution in [1.29, 1.82) is 0 Å². The van der Waals surface area contributed by atoms with Crippen LogP contribution < -0.4 is 5.56 Å². The van der Waals surface area contributed by atoms with Crippen molar-refractivity contribution in [2.75, 3.05) is 6.61 Å². The standard InChI is InChI=1S/C16H28N2O2/c1-15(2,3)12-13(16(4,5)6)17-11(9-8-10-19)18(7)14(12)20/h19H,8-10H2,1-7H3. The van der Waals surface area contributed by atoms with Crippen molar-refractivity contribution in [2.45, 2.75) is 65.2 Å². The highest BCUT2D eigenvalue weighted by Crippen LogP contribution is 2.30. The van der Waals surface area contributed by atoms with Gasteiger partial charge in [-0.25, -0.2) is 4.98 Å². The third-order valence-corrected chi connectivity index (χ3v) is 3.40. The molecule has 4 heteroatoms. The summed E-state index contributed by atoms with van der Waals surface area (Å²) in [7, 11) is 1.77. The van der Waals surface area contributed by atoms with Gasteiger partial charge < -0.3 is 5.11 Å². The van der Waals surface area contributed by atoms with Gasteiger partial charge >= 0.3 is 0 Å². The molecule has 4 nitrogen and oxygen atoms in total. The van der Waals surface area contributed by atoms with Crippen LogP contribution in [0.1, 0.15) is 65.0 Å². The molecule has 0 atom stereocenters. The van der Waals surface area contributed by atoms with Gasteiger partial charge in [0.15, 0.2) is 0 Å². The Kier molecular flexibility index (Phi) is 4.80. The number of aliphatic hydroxyl groups is 1. The molecule has 0 saturated carbocycles. The van der Waals surface area contributed by atoms with Gasteiger partial charge in [0.2, 0.25) is 0 Å². The van der Waals surface area contributed by atoms with Gasteiger partial charge in [-0.1, -0.05) is 41.5 Å². The van der Waals surface area contributed by atoms with Crippen LogP contribution in [0.5, 0.6) is 0 Å². The van der Waals surface area contributed by atoms with E-state index < -0.39 is 0 Å². The van der Waals surface area contributed by atoms with Crippen molar-refractivity contribution in [2.24, 2.45) is 7.05 Å². The number of aliphatic hydroxyl groups excluding tert-OH is 1. The molecular formula is C16H28N2O2. The first-order valence-corrected chi connectivity index (χ1v) is 7.22. The Morgan fingerprint density at radius 3 is 2.05 bits per heavy atom. The highest BCUT2D eigenvalue weighted by Gasteiger charge is 2.31. The van der Waals surface area contributed by atoms with E-state index in [1.807, 2.05) is 20.8 Å².